The fraction of sp³-hybridized carbons (Fsp3) is 0.333. The summed E-state index contributed by atoms with van der Waals surface area (Å²) < 4.78 is 32.7. The number of aromatic hydroxyl groups is 1. The molecule has 1 N–H and O–H groups in total. The lowest BCUT2D eigenvalue weighted by Crippen LogP contribution is -2.44. The van der Waals surface area contributed by atoms with Crippen molar-refractivity contribution in [1.82, 2.24) is 4.31 Å². The smallest absolute Gasteiger partial charge is 0.243 e. The fourth-order valence-corrected chi connectivity index (χ4v) is 5.05. The number of methoxy groups -OCH3 is 1. The third-order valence-corrected chi connectivity index (χ3v) is 7.32. The minimum Gasteiger partial charge on any atom is -0.508 e. The molecule has 6 heteroatoms. The second-order valence-electron chi connectivity index (χ2n) is 6.96. The Balaban J connectivity index is 1.86. The predicted molar refractivity (Wildman–Crippen MR) is 106 cm³/mol. The molecule has 1 saturated heterocycles. The summed E-state index contributed by atoms with van der Waals surface area (Å²) in [4.78, 5) is 0.309. The van der Waals surface area contributed by atoms with Gasteiger partial charge in [0.15, 0.2) is 0 Å². The zero-order valence-corrected chi connectivity index (χ0v) is 16.5. The molecular weight excluding hydrogens is 362 g/mol. The summed E-state index contributed by atoms with van der Waals surface area (Å²) in [5.41, 5.74) is 1.26. The van der Waals surface area contributed by atoms with Crippen LogP contribution in [0.1, 0.15) is 24.0 Å². The van der Waals surface area contributed by atoms with Crippen LogP contribution in [0.4, 0.5) is 0 Å². The van der Waals surface area contributed by atoms with Crippen molar-refractivity contribution in [2.24, 2.45) is 0 Å². The zero-order chi connectivity index (χ0) is 19.7. The number of rotatable bonds is 5. The van der Waals surface area contributed by atoms with Crippen LogP contribution in [-0.2, 0) is 15.4 Å². The number of ether oxygens (including phenoxy) is 1. The molecule has 0 aromatic heterocycles. The number of hydrogen-bond donors (Lipinski definition) is 1. The molecular formula is C21H25NO4S. The number of allylic oxidation sites excluding steroid dienone is 1. The van der Waals surface area contributed by atoms with E-state index in [4.69, 9.17) is 4.74 Å². The van der Waals surface area contributed by atoms with Gasteiger partial charge in [-0.3, -0.25) is 0 Å². The van der Waals surface area contributed by atoms with Gasteiger partial charge in [0.1, 0.15) is 11.5 Å². The molecule has 0 saturated carbocycles. The van der Waals surface area contributed by atoms with Gasteiger partial charge in [-0.15, -0.1) is 6.58 Å². The van der Waals surface area contributed by atoms with Gasteiger partial charge in [0.25, 0.3) is 0 Å². The van der Waals surface area contributed by atoms with Gasteiger partial charge in [-0.25, -0.2) is 8.42 Å². The van der Waals surface area contributed by atoms with Gasteiger partial charge < -0.3 is 9.84 Å². The normalized spacial score (nSPS) is 17.4. The minimum absolute atomic E-state index is 0.172. The van der Waals surface area contributed by atoms with Gasteiger partial charge in [-0.05, 0) is 50.1 Å². The Hall–Kier alpha value is -2.31. The summed E-state index contributed by atoms with van der Waals surface area (Å²) in [7, 11) is -1.95. The predicted octanol–water partition coefficient (Wildman–Crippen LogP) is 3.62. The van der Waals surface area contributed by atoms with Gasteiger partial charge in [0.05, 0.1) is 12.0 Å². The SMILES string of the molecule is C=CC1(c2cc(OC)ccc2O)CCN(S(=O)(=O)c2ccc(C)cc2)CC1. The van der Waals surface area contributed by atoms with Gasteiger partial charge in [-0.2, -0.15) is 4.31 Å². The van der Waals surface area contributed by atoms with E-state index in [1.165, 1.54) is 4.31 Å². The van der Waals surface area contributed by atoms with E-state index in [1.807, 2.05) is 13.0 Å². The summed E-state index contributed by atoms with van der Waals surface area (Å²) in [6, 6.07) is 12.0. The lowest BCUT2D eigenvalue weighted by atomic mass is 9.73. The number of sulfonamides is 1. The van der Waals surface area contributed by atoms with E-state index in [0.29, 0.717) is 36.6 Å². The molecule has 0 amide bonds. The Bertz CT molecular complexity index is 927. The Morgan fingerprint density at radius 3 is 2.33 bits per heavy atom. The van der Waals surface area contributed by atoms with Crippen molar-refractivity contribution >= 4 is 10.0 Å². The summed E-state index contributed by atoms with van der Waals surface area (Å²) in [6.45, 7) is 6.61. The van der Waals surface area contributed by atoms with Crippen molar-refractivity contribution in [2.75, 3.05) is 20.2 Å². The Kier molecular flexibility index (Phi) is 5.31. The zero-order valence-electron chi connectivity index (χ0n) is 15.7. The second kappa shape index (κ2) is 7.37. The molecule has 3 rings (SSSR count). The molecule has 1 aliphatic heterocycles. The van der Waals surface area contributed by atoms with Crippen molar-refractivity contribution in [3.8, 4) is 11.5 Å². The molecule has 0 bridgehead atoms. The number of benzene rings is 2. The molecule has 27 heavy (non-hydrogen) atoms. The van der Waals surface area contributed by atoms with E-state index in [1.54, 1.807) is 49.6 Å². The highest BCUT2D eigenvalue weighted by atomic mass is 32.2. The number of nitrogens with zero attached hydrogens (tertiary/aromatic N) is 1. The number of piperidine rings is 1. The standard InChI is InChI=1S/C21H25NO4S/c1-4-21(19-15-17(26-3)7-10-20(19)23)11-13-22(14-12-21)27(24,25)18-8-5-16(2)6-9-18/h4-10,15,23H,1,11-14H2,2-3H3. The Morgan fingerprint density at radius 1 is 1.15 bits per heavy atom. The molecule has 1 heterocycles. The van der Waals surface area contributed by atoms with Crippen molar-refractivity contribution in [3.05, 3.63) is 66.2 Å². The maximum atomic E-state index is 12.9. The summed E-state index contributed by atoms with van der Waals surface area (Å²) >= 11 is 0. The summed E-state index contributed by atoms with van der Waals surface area (Å²) in [6.07, 6.45) is 2.90. The van der Waals surface area contributed by atoms with Crippen LogP contribution < -0.4 is 4.74 Å². The Morgan fingerprint density at radius 2 is 1.78 bits per heavy atom. The van der Waals surface area contributed by atoms with Crippen LogP contribution in [0.25, 0.3) is 0 Å². The Labute approximate surface area is 161 Å². The number of phenolic OH excluding ortho intramolecular Hbond substituents is 1. The van der Waals surface area contributed by atoms with Crippen molar-refractivity contribution in [1.29, 1.82) is 0 Å². The van der Waals surface area contributed by atoms with Crippen LogP contribution in [0.3, 0.4) is 0 Å². The van der Waals surface area contributed by atoms with Crippen molar-refractivity contribution in [2.45, 2.75) is 30.1 Å². The molecule has 1 fully saturated rings. The van der Waals surface area contributed by atoms with E-state index in [0.717, 1.165) is 11.1 Å². The average Bonchev–Trinajstić information content (AvgIpc) is 2.68. The number of hydrogen-bond acceptors (Lipinski definition) is 4. The molecule has 144 valence electrons. The number of phenols is 1. The first kappa shape index (κ1) is 19.5. The van der Waals surface area contributed by atoms with Crippen LogP contribution in [0.2, 0.25) is 0 Å². The first-order valence-electron chi connectivity index (χ1n) is 8.90. The van der Waals surface area contributed by atoms with Crippen LogP contribution in [0.5, 0.6) is 11.5 Å². The lowest BCUT2D eigenvalue weighted by molar-refractivity contribution is 0.266. The topological polar surface area (TPSA) is 66.8 Å². The van der Waals surface area contributed by atoms with Gasteiger partial charge in [0, 0.05) is 24.1 Å². The van der Waals surface area contributed by atoms with E-state index in [9.17, 15) is 13.5 Å². The molecule has 0 atom stereocenters. The lowest BCUT2D eigenvalue weighted by Gasteiger charge is -2.40. The third-order valence-electron chi connectivity index (χ3n) is 5.40. The van der Waals surface area contributed by atoms with E-state index in [2.05, 4.69) is 6.58 Å². The molecule has 0 unspecified atom stereocenters. The van der Waals surface area contributed by atoms with Crippen LogP contribution in [0, 0.1) is 6.92 Å². The quantitative estimate of drug-likeness (QED) is 0.796. The second-order valence-corrected chi connectivity index (χ2v) is 8.90. The van der Waals surface area contributed by atoms with E-state index in [-0.39, 0.29) is 5.75 Å². The highest BCUT2D eigenvalue weighted by Crippen LogP contribution is 2.43. The molecule has 0 spiro atoms. The molecule has 2 aromatic carbocycles. The highest BCUT2D eigenvalue weighted by molar-refractivity contribution is 7.89. The first-order valence-corrected chi connectivity index (χ1v) is 10.3. The monoisotopic (exact) mass is 387 g/mol. The minimum atomic E-state index is -3.53. The van der Waals surface area contributed by atoms with Crippen molar-refractivity contribution < 1.29 is 18.3 Å². The van der Waals surface area contributed by atoms with E-state index < -0.39 is 15.4 Å². The first-order chi connectivity index (χ1) is 12.8. The molecule has 0 radical (unpaired) electrons. The average molecular weight is 388 g/mol. The molecule has 2 aromatic rings. The van der Waals surface area contributed by atoms with Crippen LogP contribution in [0.15, 0.2) is 60.0 Å². The van der Waals surface area contributed by atoms with Gasteiger partial charge in [-0.1, -0.05) is 23.8 Å². The largest absolute Gasteiger partial charge is 0.508 e. The molecule has 1 aliphatic rings. The van der Waals surface area contributed by atoms with E-state index >= 15 is 0 Å². The fourth-order valence-electron chi connectivity index (χ4n) is 3.61. The van der Waals surface area contributed by atoms with Crippen molar-refractivity contribution in [3.63, 3.8) is 0 Å². The third kappa shape index (κ3) is 3.59. The summed E-state index contributed by atoms with van der Waals surface area (Å²) in [5.74, 6) is 0.823. The molecule has 0 aliphatic carbocycles. The van der Waals surface area contributed by atoms with Crippen LogP contribution >= 0.6 is 0 Å². The number of aryl methyl sites for hydroxylation is 1. The van der Waals surface area contributed by atoms with Crippen LogP contribution in [-0.4, -0.2) is 38.0 Å². The maximum Gasteiger partial charge on any atom is 0.243 e. The maximum absolute atomic E-state index is 12.9. The van der Waals surface area contributed by atoms with Gasteiger partial charge >= 0.3 is 0 Å². The summed E-state index contributed by atoms with van der Waals surface area (Å²) in [5, 5.41) is 10.4. The molecule has 5 nitrogen and oxygen atoms in total. The van der Waals surface area contributed by atoms with Gasteiger partial charge in [0.2, 0.25) is 10.0 Å². The highest BCUT2D eigenvalue weighted by Gasteiger charge is 2.39.